The first-order valence-electron chi connectivity index (χ1n) is 8.81. The Morgan fingerprint density at radius 3 is 2.20 bits per heavy atom. The summed E-state index contributed by atoms with van der Waals surface area (Å²) in [6.07, 6.45) is 13.6. The van der Waals surface area contributed by atoms with Crippen LogP contribution in [0.25, 0.3) is 0 Å². The Morgan fingerprint density at radius 2 is 1.70 bits per heavy atom. The number of nitrogens with zero attached hydrogens (tertiary/aromatic N) is 1. The summed E-state index contributed by atoms with van der Waals surface area (Å²) in [5.74, 6) is 1.17. The van der Waals surface area contributed by atoms with E-state index in [9.17, 15) is 10.4 Å². The minimum absolute atomic E-state index is 0.375. The van der Waals surface area contributed by atoms with E-state index in [2.05, 4.69) is 13.0 Å². The van der Waals surface area contributed by atoms with Crippen molar-refractivity contribution >= 4 is 0 Å². The summed E-state index contributed by atoms with van der Waals surface area (Å²) >= 11 is 0. The monoisotopic (exact) mass is 277 g/mol. The Balaban J connectivity index is 1.98. The van der Waals surface area contributed by atoms with Crippen LogP contribution in [0.1, 0.15) is 84.0 Å². The second kappa shape index (κ2) is 7.46. The number of hydrogen-bond acceptors (Lipinski definition) is 2. The molecule has 1 N–H and O–H groups in total. The van der Waals surface area contributed by atoms with Gasteiger partial charge in [-0.15, -0.1) is 0 Å². The second-order valence-electron chi connectivity index (χ2n) is 7.20. The summed E-state index contributed by atoms with van der Waals surface area (Å²) in [6.45, 7) is 2.24. The highest BCUT2D eigenvalue weighted by atomic mass is 16.3. The lowest BCUT2D eigenvalue weighted by Crippen LogP contribution is -2.42. The predicted molar refractivity (Wildman–Crippen MR) is 82.1 cm³/mol. The van der Waals surface area contributed by atoms with Gasteiger partial charge in [0.05, 0.1) is 17.6 Å². The molecule has 0 saturated heterocycles. The van der Waals surface area contributed by atoms with Crippen molar-refractivity contribution in [1.29, 1.82) is 5.26 Å². The van der Waals surface area contributed by atoms with Gasteiger partial charge in [-0.3, -0.25) is 0 Å². The van der Waals surface area contributed by atoms with Crippen molar-refractivity contribution in [2.24, 2.45) is 17.3 Å². The van der Waals surface area contributed by atoms with Gasteiger partial charge in [0, 0.05) is 0 Å². The van der Waals surface area contributed by atoms with Gasteiger partial charge in [0.2, 0.25) is 0 Å². The van der Waals surface area contributed by atoms with Crippen molar-refractivity contribution in [3.63, 3.8) is 0 Å². The summed E-state index contributed by atoms with van der Waals surface area (Å²) in [7, 11) is 0. The van der Waals surface area contributed by atoms with Gasteiger partial charge >= 0.3 is 0 Å². The molecule has 0 aliphatic heterocycles. The van der Waals surface area contributed by atoms with E-state index >= 15 is 0 Å². The summed E-state index contributed by atoms with van der Waals surface area (Å²) in [6, 6.07) is 2.55. The molecule has 2 saturated carbocycles. The van der Waals surface area contributed by atoms with Crippen molar-refractivity contribution in [2.75, 3.05) is 0 Å². The smallest absolute Gasteiger partial charge is 0.0835 e. The SMILES string of the molecule is CCCC1CCC(C#N)(C(O)C2CCCCCC2)CC1. The number of hydrogen-bond donors (Lipinski definition) is 1. The summed E-state index contributed by atoms with van der Waals surface area (Å²) in [4.78, 5) is 0. The van der Waals surface area contributed by atoms with Crippen molar-refractivity contribution in [2.45, 2.75) is 90.1 Å². The average Bonchev–Trinajstić information content (AvgIpc) is 2.77. The van der Waals surface area contributed by atoms with E-state index in [1.807, 2.05) is 0 Å². The number of aliphatic hydroxyl groups excluding tert-OH is 1. The molecule has 2 nitrogen and oxygen atoms in total. The Hall–Kier alpha value is -0.550. The summed E-state index contributed by atoms with van der Waals surface area (Å²) in [5, 5.41) is 20.6. The van der Waals surface area contributed by atoms with Crippen LogP contribution in [0.4, 0.5) is 0 Å². The third-order valence-electron chi connectivity index (χ3n) is 5.83. The first kappa shape index (κ1) is 15.8. The van der Waals surface area contributed by atoms with Crippen molar-refractivity contribution in [3.05, 3.63) is 0 Å². The largest absolute Gasteiger partial charge is 0.391 e. The van der Waals surface area contributed by atoms with E-state index in [0.29, 0.717) is 5.92 Å². The third-order valence-corrected chi connectivity index (χ3v) is 5.83. The molecule has 2 heteroatoms. The van der Waals surface area contributed by atoms with Crippen LogP contribution >= 0.6 is 0 Å². The molecule has 2 aliphatic rings. The normalized spacial score (nSPS) is 34.1. The van der Waals surface area contributed by atoms with Gasteiger partial charge < -0.3 is 5.11 Å². The molecule has 0 radical (unpaired) electrons. The molecule has 0 heterocycles. The lowest BCUT2D eigenvalue weighted by Gasteiger charge is -2.41. The quantitative estimate of drug-likeness (QED) is 0.749. The van der Waals surface area contributed by atoms with Crippen LogP contribution in [0, 0.1) is 28.6 Å². The minimum Gasteiger partial charge on any atom is -0.391 e. The summed E-state index contributed by atoms with van der Waals surface area (Å²) < 4.78 is 0. The minimum atomic E-state index is -0.431. The topological polar surface area (TPSA) is 44.0 Å². The molecule has 20 heavy (non-hydrogen) atoms. The third kappa shape index (κ3) is 3.55. The Kier molecular flexibility index (Phi) is 5.90. The maximum atomic E-state index is 10.9. The first-order valence-corrected chi connectivity index (χ1v) is 8.81. The molecule has 0 spiro atoms. The first-order chi connectivity index (χ1) is 9.72. The van der Waals surface area contributed by atoms with Crippen LogP contribution in [-0.4, -0.2) is 11.2 Å². The van der Waals surface area contributed by atoms with Gasteiger partial charge in [-0.25, -0.2) is 0 Å². The highest BCUT2D eigenvalue weighted by Crippen LogP contribution is 2.46. The van der Waals surface area contributed by atoms with Crippen LogP contribution in [0.5, 0.6) is 0 Å². The van der Waals surface area contributed by atoms with E-state index in [1.54, 1.807) is 0 Å². The van der Waals surface area contributed by atoms with Gasteiger partial charge in [0.15, 0.2) is 0 Å². The van der Waals surface area contributed by atoms with Crippen molar-refractivity contribution in [3.8, 4) is 6.07 Å². The molecule has 1 unspecified atom stereocenters. The second-order valence-corrected chi connectivity index (χ2v) is 7.20. The average molecular weight is 277 g/mol. The Labute approximate surface area is 124 Å². The van der Waals surface area contributed by atoms with Crippen LogP contribution in [-0.2, 0) is 0 Å². The molecule has 0 aromatic rings. The van der Waals surface area contributed by atoms with E-state index in [1.165, 1.54) is 38.5 Å². The fourth-order valence-electron chi connectivity index (χ4n) is 4.44. The van der Waals surface area contributed by atoms with E-state index < -0.39 is 5.41 Å². The number of rotatable bonds is 4. The van der Waals surface area contributed by atoms with Gasteiger partial charge in [-0.1, -0.05) is 45.4 Å². The van der Waals surface area contributed by atoms with Crippen LogP contribution in [0.2, 0.25) is 0 Å². The highest BCUT2D eigenvalue weighted by Gasteiger charge is 2.44. The predicted octanol–water partition coefficient (Wildman–Crippen LogP) is 4.82. The zero-order chi connectivity index (χ0) is 14.4. The number of nitriles is 1. The Morgan fingerprint density at radius 1 is 1.10 bits per heavy atom. The molecule has 0 aromatic carbocycles. The molecule has 0 bridgehead atoms. The van der Waals surface area contributed by atoms with Crippen molar-refractivity contribution < 1.29 is 5.11 Å². The molecular formula is C18H31NO. The van der Waals surface area contributed by atoms with Crippen molar-refractivity contribution in [1.82, 2.24) is 0 Å². The molecule has 114 valence electrons. The van der Waals surface area contributed by atoms with Gasteiger partial charge in [0.25, 0.3) is 0 Å². The lowest BCUT2D eigenvalue weighted by atomic mass is 9.64. The van der Waals surface area contributed by atoms with Crippen LogP contribution in [0.15, 0.2) is 0 Å². The van der Waals surface area contributed by atoms with E-state index in [0.717, 1.165) is 44.4 Å². The van der Waals surface area contributed by atoms with E-state index in [4.69, 9.17) is 0 Å². The zero-order valence-electron chi connectivity index (χ0n) is 13.1. The van der Waals surface area contributed by atoms with Gasteiger partial charge in [0.1, 0.15) is 0 Å². The van der Waals surface area contributed by atoms with Gasteiger partial charge in [-0.05, 0) is 50.4 Å². The maximum Gasteiger partial charge on any atom is 0.0835 e. The highest BCUT2D eigenvalue weighted by molar-refractivity contribution is 5.07. The molecule has 2 fully saturated rings. The molecule has 0 amide bonds. The fraction of sp³-hybridized carbons (Fsp3) is 0.944. The lowest BCUT2D eigenvalue weighted by molar-refractivity contribution is -0.0205. The molecule has 2 aliphatic carbocycles. The summed E-state index contributed by atoms with van der Waals surface area (Å²) in [5.41, 5.74) is -0.431. The number of aliphatic hydroxyl groups is 1. The molecular weight excluding hydrogens is 246 g/mol. The fourth-order valence-corrected chi connectivity index (χ4v) is 4.44. The van der Waals surface area contributed by atoms with Gasteiger partial charge in [-0.2, -0.15) is 5.26 Å². The standard InChI is InChI=1S/C18H31NO/c1-2-7-15-10-12-18(14-19,13-11-15)17(20)16-8-5-3-4-6-9-16/h15-17,20H,2-13H2,1H3. The molecule has 1 atom stereocenters. The van der Waals surface area contributed by atoms with E-state index in [-0.39, 0.29) is 6.10 Å². The van der Waals surface area contributed by atoms with Crippen LogP contribution < -0.4 is 0 Å². The molecule has 2 rings (SSSR count). The Bertz CT molecular complexity index is 317. The molecule has 0 aromatic heterocycles. The zero-order valence-corrected chi connectivity index (χ0v) is 13.1. The maximum absolute atomic E-state index is 10.9. The van der Waals surface area contributed by atoms with Crippen LogP contribution in [0.3, 0.4) is 0 Å².